The highest BCUT2D eigenvalue weighted by atomic mass is 128. The summed E-state index contributed by atoms with van der Waals surface area (Å²) in [6, 6.07) is 20.3. The summed E-state index contributed by atoms with van der Waals surface area (Å²) in [6.45, 7) is 3.86. The smallest absolute Gasteiger partial charge is 0.118 e. The predicted octanol–water partition coefficient (Wildman–Crippen LogP) is 8.61. The van der Waals surface area contributed by atoms with Crippen LogP contribution in [0.5, 0.6) is 5.75 Å². The molecule has 27 heavy (non-hydrogen) atoms. The number of phenols is 1. The molecular formula is C20H18I2N4O. The number of phenolic OH excluding ortho intramolecular Hbond substituents is 1. The highest BCUT2D eigenvalue weighted by Gasteiger charge is 1.97. The lowest BCUT2D eigenvalue weighted by Crippen LogP contribution is -1.72. The molecule has 0 aliphatic rings. The number of rotatable bonds is 4. The third kappa shape index (κ3) is 6.98. The average molecular weight is 584 g/mol. The molecule has 1 N–H and O–H groups in total. The van der Waals surface area contributed by atoms with Crippen molar-refractivity contribution in [1.82, 2.24) is 0 Å². The molecule has 138 valence electrons. The van der Waals surface area contributed by atoms with Crippen molar-refractivity contribution < 1.29 is 5.11 Å². The second-order valence-corrected chi connectivity index (χ2v) is 5.72. The van der Waals surface area contributed by atoms with Crippen LogP contribution >= 0.6 is 37.2 Å². The van der Waals surface area contributed by atoms with Gasteiger partial charge in [0.25, 0.3) is 0 Å². The van der Waals surface area contributed by atoms with Crippen molar-refractivity contribution in [3.8, 4) is 5.75 Å². The Morgan fingerprint density at radius 2 is 0.963 bits per heavy atom. The summed E-state index contributed by atoms with van der Waals surface area (Å²) in [7, 11) is 0. The van der Waals surface area contributed by atoms with Gasteiger partial charge < -0.3 is 5.11 Å². The first-order valence-corrected chi connectivity index (χ1v) is 14.3. The summed E-state index contributed by atoms with van der Waals surface area (Å²) in [4.78, 5) is 0. The minimum atomic E-state index is 0.252. The molecule has 0 fully saturated rings. The fourth-order valence-corrected chi connectivity index (χ4v) is 2.13. The number of benzene rings is 3. The largest absolute Gasteiger partial charge is 0.508 e. The van der Waals surface area contributed by atoms with Gasteiger partial charge in [0, 0.05) is 37.2 Å². The first kappa shape index (κ1) is 21.4. The van der Waals surface area contributed by atoms with E-state index >= 15 is 0 Å². The molecule has 3 aromatic rings. The van der Waals surface area contributed by atoms with Gasteiger partial charge in [0.1, 0.15) is 5.75 Å². The topological polar surface area (TPSA) is 69.7 Å². The van der Waals surface area contributed by atoms with E-state index in [4.69, 9.17) is 0 Å². The Balaban J connectivity index is 0.00000126. The molecule has 0 heterocycles. The third-order valence-corrected chi connectivity index (χ3v) is 3.63. The first-order valence-electron chi connectivity index (χ1n) is 8.04. The number of hydrogen-bond donors (Lipinski definition) is 1. The molecule has 5 nitrogen and oxygen atoms in total. The zero-order chi connectivity index (χ0) is 19.6. The standard InChI is InChI=1S/C20H18N4O.I2/c1-14-3-5-16(6-4-14)21-22-17-7-9-18(10-8-17)23-24-19-11-12-20(25)15(2)13-19;1-2/h3-13,25H,1-2H3;. The fourth-order valence-electron chi connectivity index (χ4n) is 2.13. The second-order valence-electron chi connectivity index (χ2n) is 5.72. The van der Waals surface area contributed by atoms with Crippen molar-refractivity contribution in [3.63, 3.8) is 0 Å². The summed E-state index contributed by atoms with van der Waals surface area (Å²) in [6.07, 6.45) is 0. The Morgan fingerprint density at radius 3 is 1.41 bits per heavy atom. The van der Waals surface area contributed by atoms with Crippen LogP contribution in [-0.2, 0) is 0 Å². The van der Waals surface area contributed by atoms with Crippen LogP contribution in [0.2, 0.25) is 0 Å². The minimum Gasteiger partial charge on any atom is -0.508 e. The van der Waals surface area contributed by atoms with Crippen LogP contribution in [0.25, 0.3) is 0 Å². The molecule has 3 aromatic carbocycles. The number of aromatic hydroxyl groups is 1. The van der Waals surface area contributed by atoms with Gasteiger partial charge in [-0.25, -0.2) is 0 Å². The van der Waals surface area contributed by atoms with Crippen LogP contribution in [0.15, 0.2) is 87.2 Å². The predicted molar refractivity (Wildman–Crippen MR) is 127 cm³/mol. The zero-order valence-corrected chi connectivity index (χ0v) is 19.2. The van der Waals surface area contributed by atoms with E-state index in [1.54, 1.807) is 18.2 Å². The van der Waals surface area contributed by atoms with Gasteiger partial charge in [0.15, 0.2) is 0 Å². The van der Waals surface area contributed by atoms with Gasteiger partial charge in [-0.15, -0.1) is 0 Å². The van der Waals surface area contributed by atoms with Crippen molar-refractivity contribution in [2.24, 2.45) is 20.5 Å². The van der Waals surface area contributed by atoms with Crippen LogP contribution in [0, 0.1) is 13.8 Å². The van der Waals surface area contributed by atoms with Crippen LogP contribution < -0.4 is 0 Å². The van der Waals surface area contributed by atoms with E-state index in [-0.39, 0.29) is 5.75 Å². The molecule has 0 unspecified atom stereocenters. The molecular weight excluding hydrogens is 566 g/mol. The lowest BCUT2D eigenvalue weighted by Gasteiger charge is -1.99. The quantitative estimate of drug-likeness (QED) is 0.242. The van der Waals surface area contributed by atoms with Gasteiger partial charge in [-0.05, 0) is 74.0 Å². The number of hydrogen-bond acceptors (Lipinski definition) is 5. The van der Waals surface area contributed by atoms with Crippen molar-refractivity contribution in [2.45, 2.75) is 13.8 Å². The molecule has 0 saturated heterocycles. The van der Waals surface area contributed by atoms with Gasteiger partial charge in [-0.1, -0.05) is 17.7 Å². The minimum absolute atomic E-state index is 0.252. The van der Waals surface area contributed by atoms with E-state index in [1.807, 2.05) is 62.4 Å². The number of azo groups is 2. The maximum absolute atomic E-state index is 9.51. The molecule has 0 saturated carbocycles. The Kier molecular flexibility index (Phi) is 8.79. The molecule has 0 bridgehead atoms. The highest BCUT2D eigenvalue weighted by Crippen LogP contribution is 2.26. The van der Waals surface area contributed by atoms with E-state index in [1.165, 1.54) is 5.56 Å². The Bertz CT molecular complexity index is 924. The Hall–Kier alpha value is -1.88. The van der Waals surface area contributed by atoms with E-state index in [0.29, 0.717) is 5.69 Å². The Labute approximate surface area is 182 Å². The lowest BCUT2D eigenvalue weighted by molar-refractivity contribution is 0.471. The molecule has 0 atom stereocenters. The monoisotopic (exact) mass is 584 g/mol. The number of aryl methyl sites for hydroxylation is 2. The summed E-state index contributed by atoms with van der Waals surface area (Å²) < 4.78 is 0. The van der Waals surface area contributed by atoms with Crippen LogP contribution in [0.4, 0.5) is 22.7 Å². The average Bonchev–Trinajstić information content (AvgIpc) is 2.71. The molecule has 0 amide bonds. The normalized spacial score (nSPS) is 10.8. The SMILES string of the molecule is Cc1ccc(N=Nc2ccc(N=Nc3ccc(O)c(C)c3)cc2)cc1.II. The van der Waals surface area contributed by atoms with Crippen LogP contribution in [0.1, 0.15) is 11.1 Å². The molecule has 0 radical (unpaired) electrons. The van der Waals surface area contributed by atoms with Gasteiger partial charge >= 0.3 is 0 Å². The van der Waals surface area contributed by atoms with Crippen LogP contribution in [-0.4, -0.2) is 5.11 Å². The zero-order valence-electron chi connectivity index (χ0n) is 14.8. The lowest BCUT2D eigenvalue weighted by atomic mass is 10.2. The Morgan fingerprint density at radius 1 is 0.593 bits per heavy atom. The third-order valence-electron chi connectivity index (χ3n) is 3.63. The van der Waals surface area contributed by atoms with Crippen molar-refractivity contribution >= 4 is 60.0 Å². The summed E-state index contributed by atoms with van der Waals surface area (Å²) >= 11 is 4.24. The molecule has 0 aliphatic carbocycles. The van der Waals surface area contributed by atoms with Crippen molar-refractivity contribution in [3.05, 3.63) is 77.9 Å². The molecule has 7 heteroatoms. The van der Waals surface area contributed by atoms with E-state index in [2.05, 4.69) is 57.7 Å². The number of halogens is 2. The first-order chi connectivity index (χ1) is 13.1. The molecule has 3 rings (SSSR count). The van der Waals surface area contributed by atoms with Gasteiger partial charge in [0.2, 0.25) is 0 Å². The van der Waals surface area contributed by atoms with Gasteiger partial charge in [-0.2, -0.15) is 20.5 Å². The maximum atomic E-state index is 9.51. The summed E-state index contributed by atoms with van der Waals surface area (Å²) in [5.41, 5.74) is 4.94. The van der Waals surface area contributed by atoms with E-state index in [0.717, 1.165) is 22.6 Å². The van der Waals surface area contributed by atoms with E-state index in [9.17, 15) is 5.11 Å². The second kappa shape index (κ2) is 11.1. The molecule has 0 spiro atoms. The van der Waals surface area contributed by atoms with Gasteiger partial charge in [-0.3, -0.25) is 0 Å². The number of nitrogens with zero attached hydrogens (tertiary/aromatic N) is 4. The van der Waals surface area contributed by atoms with Crippen molar-refractivity contribution in [1.29, 1.82) is 0 Å². The van der Waals surface area contributed by atoms with E-state index < -0.39 is 0 Å². The van der Waals surface area contributed by atoms with Gasteiger partial charge in [0.05, 0.1) is 22.7 Å². The highest BCUT2D eigenvalue weighted by molar-refractivity contribution is 15.0. The summed E-state index contributed by atoms with van der Waals surface area (Å²) in [5.74, 6) is 0.252. The molecule has 0 aromatic heterocycles. The maximum Gasteiger partial charge on any atom is 0.118 e. The van der Waals surface area contributed by atoms with Crippen molar-refractivity contribution in [2.75, 3.05) is 0 Å². The summed E-state index contributed by atoms with van der Waals surface area (Å²) in [5, 5.41) is 26.3. The van der Waals surface area contributed by atoms with Crippen LogP contribution in [0.3, 0.4) is 0 Å². The molecule has 0 aliphatic heterocycles. The fraction of sp³-hybridized carbons (Fsp3) is 0.100.